The van der Waals surface area contributed by atoms with Gasteiger partial charge in [0.1, 0.15) is 5.25 Å². The lowest BCUT2D eigenvalue weighted by molar-refractivity contribution is -0.120. The molecule has 2 aromatic rings. The predicted molar refractivity (Wildman–Crippen MR) is 87.7 cm³/mol. The molecule has 108 valence electrons. The van der Waals surface area contributed by atoms with Crippen molar-refractivity contribution < 1.29 is 4.79 Å². The van der Waals surface area contributed by atoms with Crippen LogP contribution in [0.4, 0.5) is 0 Å². The van der Waals surface area contributed by atoms with Crippen molar-refractivity contribution in [2.24, 2.45) is 0 Å². The Bertz CT molecular complexity index is 628. The number of carbonyl (C=O) groups is 1. The highest BCUT2D eigenvalue weighted by molar-refractivity contribution is 8.00. The zero-order valence-electron chi connectivity index (χ0n) is 11.5. The van der Waals surface area contributed by atoms with Crippen LogP contribution in [0.25, 0.3) is 0 Å². The van der Waals surface area contributed by atoms with E-state index < -0.39 is 0 Å². The predicted octanol–water partition coefficient (Wildman–Crippen LogP) is 4.45. The van der Waals surface area contributed by atoms with Crippen LogP contribution in [-0.4, -0.2) is 11.9 Å². The Labute approximate surface area is 133 Å². The van der Waals surface area contributed by atoms with Crippen LogP contribution in [-0.2, 0) is 4.79 Å². The molecule has 1 aliphatic rings. The molecule has 0 saturated heterocycles. The van der Waals surface area contributed by atoms with Gasteiger partial charge in [-0.1, -0.05) is 54.1 Å². The van der Waals surface area contributed by atoms with Crippen LogP contribution in [0.15, 0.2) is 59.5 Å². The van der Waals surface area contributed by atoms with Crippen LogP contribution in [0, 0.1) is 0 Å². The quantitative estimate of drug-likeness (QED) is 0.825. The number of carbonyl (C=O) groups excluding carboxylic acids is 1. The first-order chi connectivity index (χ1) is 10.2. The van der Waals surface area contributed by atoms with Crippen molar-refractivity contribution in [3.63, 3.8) is 0 Å². The Morgan fingerprint density at radius 1 is 1.10 bits per heavy atom. The lowest BCUT2D eigenvalue weighted by Crippen LogP contribution is -2.29. The second-order valence-corrected chi connectivity index (χ2v) is 6.68. The molecule has 3 rings (SSSR count). The Kier molecular flexibility index (Phi) is 4.51. The molecular weight excluding hydrogens is 302 g/mol. The van der Waals surface area contributed by atoms with Crippen molar-refractivity contribution in [1.82, 2.24) is 5.32 Å². The molecule has 1 atom stereocenters. The Balaban J connectivity index is 1.85. The van der Waals surface area contributed by atoms with E-state index in [0.29, 0.717) is 11.1 Å². The molecule has 4 heteroatoms. The summed E-state index contributed by atoms with van der Waals surface area (Å²) in [7, 11) is 0. The summed E-state index contributed by atoms with van der Waals surface area (Å²) in [6.45, 7) is 0. The highest BCUT2D eigenvalue weighted by atomic mass is 35.5. The third-order valence-corrected chi connectivity index (χ3v) is 5.12. The first-order valence-electron chi connectivity index (χ1n) is 7.00. The third kappa shape index (κ3) is 3.80. The normalized spacial score (nSPS) is 15.5. The van der Waals surface area contributed by atoms with E-state index in [9.17, 15) is 4.79 Å². The van der Waals surface area contributed by atoms with Gasteiger partial charge in [0.2, 0.25) is 5.91 Å². The van der Waals surface area contributed by atoms with Crippen molar-refractivity contribution in [2.75, 3.05) is 0 Å². The van der Waals surface area contributed by atoms with Gasteiger partial charge < -0.3 is 5.32 Å². The maximum atomic E-state index is 12.5. The molecule has 21 heavy (non-hydrogen) atoms. The molecule has 0 bridgehead atoms. The SMILES string of the molecule is O=C(NC1CC1)[C@H](Sc1ccccc1Cl)c1ccccc1. The summed E-state index contributed by atoms with van der Waals surface area (Å²) >= 11 is 7.73. The number of hydrogen-bond donors (Lipinski definition) is 1. The van der Waals surface area contributed by atoms with Gasteiger partial charge in [0.05, 0.1) is 5.02 Å². The van der Waals surface area contributed by atoms with Crippen molar-refractivity contribution >= 4 is 29.3 Å². The fourth-order valence-corrected chi connectivity index (χ4v) is 3.40. The van der Waals surface area contributed by atoms with E-state index in [0.717, 1.165) is 23.3 Å². The van der Waals surface area contributed by atoms with E-state index in [1.807, 2.05) is 54.6 Å². The molecule has 0 spiro atoms. The van der Waals surface area contributed by atoms with Crippen molar-refractivity contribution in [3.8, 4) is 0 Å². The van der Waals surface area contributed by atoms with Crippen LogP contribution in [0.3, 0.4) is 0 Å². The summed E-state index contributed by atoms with van der Waals surface area (Å²) in [5.41, 5.74) is 1.00. The summed E-state index contributed by atoms with van der Waals surface area (Å²) in [6, 6.07) is 17.8. The van der Waals surface area contributed by atoms with Crippen molar-refractivity contribution in [3.05, 3.63) is 65.2 Å². The first-order valence-corrected chi connectivity index (χ1v) is 8.26. The van der Waals surface area contributed by atoms with Crippen LogP contribution >= 0.6 is 23.4 Å². The van der Waals surface area contributed by atoms with Gasteiger partial charge in [0, 0.05) is 10.9 Å². The average Bonchev–Trinajstić information content (AvgIpc) is 3.31. The fraction of sp³-hybridized carbons (Fsp3) is 0.235. The van der Waals surface area contributed by atoms with Crippen LogP contribution in [0.5, 0.6) is 0 Å². The highest BCUT2D eigenvalue weighted by Gasteiger charge is 2.29. The van der Waals surface area contributed by atoms with Gasteiger partial charge in [-0.3, -0.25) is 4.79 Å². The lowest BCUT2D eigenvalue weighted by Gasteiger charge is -2.17. The molecule has 0 aliphatic heterocycles. The van der Waals surface area contributed by atoms with E-state index in [-0.39, 0.29) is 11.2 Å². The van der Waals surface area contributed by atoms with E-state index in [1.54, 1.807) is 0 Å². The zero-order chi connectivity index (χ0) is 14.7. The van der Waals surface area contributed by atoms with Gasteiger partial charge in [0.15, 0.2) is 0 Å². The molecule has 1 N–H and O–H groups in total. The molecule has 0 heterocycles. The second kappa shape index (κ2) is 6.54. The zero-order valence-corrected chi connectivity index (χ0v) is 13.0. The fourth-order valence-electron chi connectivity index (χ4n) is 2.07. The largest absolute Gasteiger partial charge is 0.352 e. The van der Waals surface area contributed by atoms with Gasteiger partial charge in [-0.2, -0.15) is 0 Å². The van der Waals surface area contributed by atoms with E-state index in [2.05, 4.69) is 5.32 Å². The van der Waals surface area contributed by atoms with Crippen molar-refractivity contribution in [1.29, 1.82) is 0 Å². The molecule has 2 aromatic carbocycles. The molecule has 0 radical (unpaired) electrons. The number of amides is 1. The molecule has 0 aromatic heterocycles. The third-order valence-electron chi connectivity index (χ3n) is 3.35. The minimum Gasteiger partial charge on any atom is -0.352 e. The average molecular weight is 318 g/mol. The molecule has 1 saturated carbocycles. The summed E-state index contributed by atoms with van der Waals surface area (Å²) in [5.74, 6) is 0.0635. The van der Waals surface area contributed by atoms with Gasteiger partial charge in [0.25, 0.3) is 0 Å². The molecular formula is C17H16ClNOS. The standard InChI is InChI=1S/C17H16ClNOS/c18-14-8-4-5-9-15(14)21-16(12-6-2-1-3-7-12)17(20)19-13-10-11-13/h1-9,13,16H,10-11H2,(H,19,20)/t16-/m1/s1. The van der Waals surface area contributed by atoms with E-state index >= 15 is 0 Å². The molecule has 1 fully saturated rings. The van der Waals surface area contributed by atoms with E-state index in [4.69, 9.17) is 11.6 Å². The summed E-state index contributed by atoms with van der Waals surface area (Å²) < 4.78 is 0. The van der Waals surface area contributed by atoms with Crippen LogP contribution in [0.2, 0.25) is 5.02 Å². The number of nitrogens with one attached hydrogen (secondary N) is 1. The lowest BCUT2D eigenvalue weighted by atomic mass is 10.1. The summed E-state index contributed by atoms with van der Waals surface area (Å²) in [5, 5.41) is 3.50. The number of rotatable bonds is 5. The maximum Gasteiger partial charge on any atom is 0.238 e. The van der Waals surface area contributed by atoms with Gasteiger partial charge in [-0.25, -0.2) is 0 Å². The number of hydrogen-bond acceptors (Lipinski definition) is 2. The Morgan fingerprint density at radius 2 is 1.76 bits per heavy atom. The smallest absolute Gasteiger partial charge is 0.238 e. The molecule has 2 nitrogen and oxygen atoms in total. The monoisotopic (exact) mass is 317 g/mol. The van der Waals surface area contributed by atoms with Gasteiger partial charge in [-0.15, -0.1) is 11.8 Å². The van der Waals surface area contributed by atoms with Gasteiger partial charge >= 0.3 is 0 Å². The highest BCUT2D eigenvalue weighted by Crippen LogP contribution is 2.39. The minimum absolute atomic E-state index is 0.0635. The topological polar surface area (TPSA) is 29.1 Å². The Hall–Kier alpha value is -1.45. The number of halogens is 1. The number of thioether (sulfide) groups is 1. The molecule has 1 amide bonds. The minimum atomic E-state index is -0.272. The van der Waals surface area contributed by atoms with Crippen LogP contribution < -0.4 is 5.32 Å². The van der Waals surface area contributed by atoms with Gasteiger partial charge in [-0.05, 0) is 30.5 Å². The first kappa shape index (κ1) is 14.5. The van der Waals surface area contributed by atoms with E-state index in [1.165, 1.54) is 11.8 Å². The van der Waals surface area contributed by atoms with Crippen LogP contribution in [0.1, 0.15) is 23.7 Å². The maximum absolute atomic E-state index is 12.5. The summed E-state index contributed by atoms with van der Waals surface area (Å²) in [6.07, 6.45) is 2.17. The Morgan fingerprint density at radius 3 is 2.43 bits per heavy atom. The van der Waals surface area contributed by atoms with Crippen molar-refractivity contribution in [2.45, 2.75) is 29.0 Å². The molecule has 0 unspecified atom stereocenters. The second-order valence-electron chi connectivity index (χ2n) is 5.12. The number of benzene rings is 2. The molecule has 1 aliphatic carbocycles. The summed E-state index contributed by atoms with van der Waals surface area (Å²) in [4.78, 5) is 13.5.